The third-order valence-corrected chi connectivity index (χ3v) is 5.66. The van der Waals surface area contributed by atoms with Gasteiger partial charge >= 0.3 is 0 Å². The molecule has 1 aromatic carbocycles. The number of H-pyrrole nitrogens is 1. The van der Waals surface area contributed by atoms with Crippen LogP contribution in [0, 0.1) is 0 Å². The van der Waals surface area contributed by atoms with Crippen molar-refractivity contribution in [2.24, 2.45) is 0 Å². The number of rotatable bonds is 3. The number of hydrogen-bond acceptors (Lipinski definition) is 4. The summed E-state index contributed by atoms with van der Waals surface area (Å²) in [4.78, 5) is 11.9. The summed E-state index contributed by atoms with van der Waals surface area (Å²) in [7, 11) is 0. The molecule has 1 aliphatic carbocycles. The van der Waals surface area contributed by atoms with Gasteiger partial charge in [0.2, 0.25) is 5.91 Å². The molecule has 2 N–H and O–H groups in total. The van der Waals surface area contributed by atoms with Crippen LogP contribution in [0.15, 0.2) is 30.5 Å². The number of anilines is 1. The second kappa shape index (κ2) is 6.28. The summed E-state index contributed by atoms with van der Waals surface area (Å²) in [6.07, 6.45) is 6.86. The van der Waals surface area contributed by atoms with Gasteiger partial charge in [-0.25, -0.2) is 0 Å². The SMILES string of the molecule is O=C1CS[C@H](c2ccccc2OC2CCCC2)c2cn[nH]c2N1. The largest absolute Gasteiger partial charge is 0.490 e. The zero-order valence-corrected chi connectivity index (χ0v) is 13.6. The van der Waals surface area contributed by atoms with Crippen LogP contribution in [0.1, 0.15) is 42.1 Å². The summed E-state index contributed by atoms with van der Waals surface area (Å²) in [5.74, 6) is 2.04. The lowest BCUT2D eigenvalue weighted by atomic mass is 10.1. The Hall–Kier alpha value is -1.95. The number of ether oxygens (including phenoxy) is 1. The van der Waals surface area contributed by atoms with E-state index in [4.69, 9.17) is 4.74 Å². The van der Waals surface area contributed by atoms with E-state index in [0.29, 0.717) is 17.7 Å². The van der Waals surface area contributed by atoms with Crippen molar-refractivity contribution in [1.29, 1.82) is 0 Å². The molecule has 6 heteroatoms. The smallest absolute Gasteiger partial charge is 0.235 e. The van der Waals surface area contributed by atoms with E-state index in [1.807, 2.05) is 18.2 Å². The Morgan fingerprint density at radius 3 is 2.87 bits per heavy atom. The summed E-state index contributed by atoms with van der Waals surface area (Å²) in [5.41, 5.74) is 2.12. The van der Waals surface area contributed by atoms with Gasteiger partial charge in [-0.3, -0.25) is 9.89 Å². The summed E-state index contributed by atoms with van der Waals surface area (Å²) < 4.78 is 6.27. The molecule has 2 aromatic rings. The van der Waals surface area contributed by atoms with E-state index in [2.05, 4.69) is 21.6 Å². The molecule has 2 heterocycles. The van der Waals surface area contributed by atoms with E-state index >= 15 is 0 Å². The predicted octanol–water partition coefficient (Wildman–Crippen LogP) is 3.51. The normalized spacial score (nSPS) is 21.6. The number of amides is 1. The number of aromatic amines is 1. The fourth-order valence-corrected chi connectivity index (χ4v) is 4.39. The Balaban J connectivity index is 1.69. The minimum Gasteiger partial charge on any atom is -0.490 e. The summed E-state index contributed by atoms with van der Waals surface area (Å²) in [5, 5.41) is 9.90. The first-order chi connectivity index (χ1) is 11.3. The molecular formula is C17H19N3O2S. The summed E-state index contributed by atoms with van der Waals surface area (Å²) in [6.45, 7) is 0. The number of carbonyl (C=O) groups is 1. The van der Waals surface area contributed by atoms with Crippen molar-refractivity contribution in [2.45, 2.75) is 37.0 Å². The van der Waals surface area contributed by atoms with Crippen LogP contribution in [0.5, 0.6) is 5.75 Å². The molecule has 1 fully saturated rings. The first-order valence-electron chi connectivity index (χ1n) is 8.01. The van der Waals surface area contributed by atoms with E-state index in [9.17, 15) is 4.79 Å². The van der Waals surface area contributed by atoms with Crippen LogP contribution in [-0.4, -0.2) is 28.0 Å². The van der Waals surface area contributed by atoms with Crippen LogP contribution in [-0.2, 0) is 4.79 Å². The van der Waals surface area contributed by atoms with Gasteiger partial charge in [-0.15, -0.1) is 11.8 Å². The molecular weight excluding hydrogens is 310 g/mol. The van der Waals surface area contributed by atoms with Gasteiger partial charge < -0.3 is 10.1 Å². The van der Waals surface area contributed by atoms with E-state index in [1.165, 1.54) is 12.8 Å². The number of nitrogens with zero attached hydrogens (tertiary/aromatic N) is 1. The Bertz CT molecular complexity index is 709. The minimum absolute atomic E-state index is 0.00260. The predicted molar refractivity (Wildman–Crippen MR) is 90.8 cm³/mol. The van der Waals surface area contributed by atoms with Crippen molar-refractivity contribution in [3.8, 4) is 5.75 Å². The summed E-state index contributed by atoms with van der Waals surface area (Å²) in [6, 6.07) is 8.16. The standard InChI is InChI=1S/C17H19N3O2S/c21-15-10-23-16(13-9-18-20-17(13)19-15)12-7-3-4-8-14(12)22-11-5-1-2-6-11/h3-4,7-9,11,16H,1-2,5-6,10H2,(H2,18,19,20,21)/t16-/m1/s1. The van der Waals surface area contributed by atoms with E-state index in [-0.39, 0.29) is 11.2 Å². The first kappa shape index (κ1) is 14.6. The van der Waals surface area contributed by atoms with Gasteiger partial charge in [0.15, 0.2) is 0 Å². The maximum atomic E-state index is 11.9. The maximum Gasteiger partial charge on any atom is 0.235 e. The number of para-hydroxylation sites is 1. The van der Waals surface area contributed by atoms with Crippen LogP contribution in [0.2, 0.25) is 0 Å². The van der Waals surface area contributed by atoms with Crippen LogP contribution < -0.4 is 10.1 Å². The molecule has 1 aliphatic heterocycles. The summed E-state index contributed by atoms with van der Waals surface area (Å²) >= 11 is 1.61. The second-order valence-corrected chi connectivity index (χ2v) is 7.10. The number of fused-ring (bicyclic) bond motifs is 1. The quantitative estimate of drug-likeness (QED) is 0.904. The van der Waals surface area contributed by atoms with E-state index < -0.39 is 0 Å². The molecule has 0 unspecified atom stereocenters. The van der Waals surface area contributed by atoms with Gasteiger partial charge in [-0.2, -0.15) is 5.10 Å². The monoisotopic (exact) mass is 329 g/mol. The third-order valence-electron chi connectivity index (χ3n) is 4.39. The van der Waals surface area contributed by atoms with Gasteiger partial charge in [0.1, 0.15) is 11.6 Å². The number of thioether (sulfide) groups is 1. The number of benzene rings is 1. The zero-order valence-electron chi connectivity index (χ0n) is 12.7. The van der Waals surface area contributed by atoms with E-state index in [0.717, 1.165) is 29.7 Å². The zero-order chi connectivity index (χ0) is 15.6. The Labute approximate surface area is 139 Å². The molecule has 5 nitrogen and oxygen atoms in total. The number of carbonyl (C=O) groups excluding carboxylic acids is 1. The number of nitrogens with one attached hydrogen (secondary N) is 2. The molecule has 0 saturated heterocycles. The Morgan fingerprint density at radius 1 is 1.17 bits per heavy atom. The molecule has 4 rings (SSSR count). The molecule has 0 radical (unpaired) electrons. The van der Waals surface area contributed by atoms with Gasteiger partial charge in [-0.1, -0.05) is 18.2 Å². The van der Waals surface area contributed by atoms with Crippen LogP contribution >= 0.6 is 11.8 Å². The molecule has 1 saturated carbocycles. The maximum absolute atomic E-state index is 11.9. The highest BCUT2D eigenvalue weighted by Crippen LogP contribution is 2.44. The average Bonchev–Trinajstić information content (AvgIpc) is 3.19. The van der Waals surface area contributed by atoms with Gasteiger partial charge in [0.05, 0.1) is 23.3 Å². The molecule has 1 amide bonds. The van der Waals surface area contributed by atoms with Crippen LogP contribution in [0.3, 0.4) is 0 Å². The van der Waals surface area contributed by atoms with Crippen molar-refractivity contribution in [3.05, 3.63) is 41.6 Å². The topological polar surface area (TPSA) is 67.0 Å². The highest BCUT2D eigenvalue weighted by Gasteiger charge is 2.28. The highest BCUT2D eigenvalue weighted by molar-refractivity contribution is 8.00. The van der Waals surface area contributed by atoms with Crippen molar-refractivity contribution >= 4 is 23.5 Å². The minimum atomic E-state index is -0.00260. The average molecular weight is 329 g/mol. The molecule has 2 aliphatic rings. The lowest BCUT2D eigenvalue weighted by Crippen LogP contribution is -2.13. The van der Waals surface area contributed by atoms with Crippen molar-refractivity contribution in [2.75, 3.05) is 11.1 Å². The lowest BCUT2D eigenvalue weighted by molar-refractivity contribution is -0.113. The number of aromatic nitrogens is 2. The fourth-order valence-electron chi connectivity index (χ4n) is 3.27. The van der Waals surface area contributed by atoms with Crippen molar-refractivity contribution < 1.29 is 9.53 Å². The lowest BCUT2D eigenvalue weighted by Gasteiger charge is -2.21. The van der Waals surface area contributed by atoms with Crippen LogP contribution in [0.25, 0.3) is 0 Å². The van der Waals surface area contributed by atoms with Gasteiger partial charge in [0, 0.05) is 11.1 Å². The van der Waals surface area contributed by atoms with Gasteiger partial charge in [0.25, 0.3) is 0 Å². The molecule has 0 spiro atoms. The second-order valence-electron chi connectivity index (χ2n) is 6.00. The number of hydrogen-bond donors (Lipinski definition) is 2. The molecule has 1 atom stereocenters. The first-order valence-corrected chi connectivity index (χ1v) is 9.06. The molecule has 120 valence electrons. The Kier molecular flexibility index (Phi) is 3.99. The Morgan fingerprint density at radius 2 is 2.00 bits per heavy atom. The van der Waals surface area contributed by atoms with Crippen LogP contribution in [0.4, 0.5) is 5.82 Å². The third kappa shape index (κ3) is 2.95. The highest BCUT2D eigenvalue weighted by atomic mass is 32.2. The van der Waals surface area contributed by atoms with Gasteiger partial charge in [-0.05, 0) is 31.7 Å². The van der Waals surface area contributed by atoms with Crippen molar-refractivity contribution in [3.63, 3.8) is 0 Å². The van der Waals surface area contributed by atoms with E-state index in [1.54, 1.807) is 18.0 Å². The fraction of sp³-hybridized carbons (Fsp3) is 0.412. The van der Waals surface area contributed by atoms with Crippen molar-refractivity contribution in [1.82, 2.24) is 10.2 Å². The molecule has 1 aromatic heterocycles. The molecule has 23 heavy (non-hydrogen) atoms. The molecule has 0 bridgehead atoms.